The van der Waals surface area contributed by atoms with Crippen LogP contribution in [0.3, 0.4) is 0 Å². The van der Waals surface area contributed by atoms with Crippen LogP contribution in [0.15, 0.2) is 0 Å². The highest BCUT2D eigenvalue weighted by molar-refractivity contribution is 6.17. The summed E-state index contributed by atoms with van der Waals surface area (Å²) in [7, 11) is 0. The average Bonchev–Trinajstić information content (AvgIpc) is 2.05. The Morgan fingerprint density at radius 2 is 2.08 bits per heavy atom. The summed E-state index contributed by atoms with van der Waals surface area (Å²) in [6, 6.07) is 0. The van der Waals surface area contributed by atoms with E-state index in [9.17, 15) is 4.79 Å². The molecule has 0 aromatic carbocycles. The van der Waals surface area contributed by atoms with E-state index < -0.39 is 0 Å². The molecule has 0 saturated heterocycles. The van der Waals surface area contributed by atoms with Crippen LogP contribution in [0.2, 0.25) is 0 Å². The van der Waals surface area contributed by atoms with Crippen LogP contribution >= 0.6 is 11.6 Å². The van der Waals surface area contributed by atoms with Crippen molar-refractivity contribution in [3.05, 3.63) is 0 Å². The third-order valence-electron chi connectivity index (χ3n) is 1.95. The number of carbonyl (C=O) groups excluding carboxylic acids is 1. The van der Waals surface area contributed by atoms with E-state index in [-0.39, 0.29) is 11.4 Å². The Morgan fingerprint density at radius 1 is 1.50 bits per heavy atom. The first-order valence-electron chi connectivity index (χ1n) is 4.27. The van der Waals surface area contributed by atoms with Crippen molar-refractivity contribution in [2.75, 3.05) is 12.5 Å². The molecule has 0 atom stereocenters. The lowest BCUT2D eigenvalue weighted by molar-refractivity contribution is -0.154. The van der Waals surface area contributed by atoms with Crippen molar-refractivity contribution in [1.29, 1.82) is 0 Å². The predicted molar refractivity (Wildman–Crippen MR) is 50.4 cm³/mol. The van der Waals surface area contributed by atoms with E-state index in [1.165, 1.54) is 0 Å². The van der Waals surface area contributed by atoms with Crippen LogP contribution in [0.25, 0.3) is 0 Å². The maximum atomic E-state index is 11.3. The summed E-state index contributed by atoms with van der Waals surface area (Å²) >= 11 is 5.44. The Hall–Kier alpha value is -0.240. The third-order valence-corrected chi connectivity index (χ3v) is 2.21. The smallest absolute Gasteiger partial charge is 0.311 e. The van der Waals surface area contributed by atoms with Crippen LogP contribution in [0.1, 0.15) is 33.6 Å². The van der Waals surface area contributed by atoms with Gasteiger partial charge in [0.1, 0.15) is 0 Å². The molecule has 0 spiro atoms. The quantitative estimate of drug-likeness (QED) is 0.380. The summed E-state index contributed by atoms with van der Waals surface area (Å²) in [4.78, 5) is 11.3. The summed E-state index contributed by atoms with van der Waals surface area (Å²) < 4.78 is 5.01. The van der Waals surface area contributed by atoms with Gasteiger partial charge in [0.05, 0.1) is 12.0 Å². The van der Waals surface area contributed by atoms with E-state index in [0.29, 0.717) is 12.5 Å². The number of hydrogen-bond donors (Lipinski definition) is 0. The fourth-order valence-corrected chi connectivity index (χ4v) is 0.668. The molecule has 2 nitrogen and oxygen atoms in total. The maximum Gasteiger partial charge on any atom is 0.311 e. The molecule has 72 valence electrons. The van der Waals surface area contributed by atoms with Gasteiger partial charge in [-0.3, -0.25) is 4.79 Å². The first-order valence-corrected chi connectivity index (χ1v) is 4.81. The lowest BCUT2D eigenvalue weighted by atomic mass is 9.91. The molecule has 0 N–H and O–H groups in total. The van der Waals surface area contributed by atoms with E-state index in [1.807, 2.05) is 20.8 Å². The topological polar surface area (TPSA) is 26.3 Å². The van der Waals surface area contributed by atoms with Gasteiger partial charge in [-0.25, -0.2) is 0 Å². The number of esters is 1. The van der Waals surface area contributed by atoms with Crippen molar-refractivity contribution in [2.24, 2.45) is 5.41 Å². The van der Waals surface area contributed by atoms with Crippen LogP contribution in [0.4, 0.5) is 0 Å². The standard InChI is InChI=1S/C9H17ClO2/c1-4-9(2,3)8(11)12-7-5-6-10/h4-7H2,1-3H3. The number of carbonyl (C=O) groups is 1. The molecule has 0 heterocycles. The lowest BCUT2D eigenvalue weighted by Crippen LogP contribution is -2.26. The van der Waals surface area contributed by atoms with E-state index in [4.69, 9.17) is 16.3 Å². The van der Waals surface area contributed by atoms with Crippen molar-refractivity contribution in [1.82, 2.24) is 0 Å². The van der Waals surface area contributed by atoms with E-state index in [1.54, 1.807) is 0 Å². The van der Waals surface area contributed by atoms with Gasteiger partial charge in [-0.1, -0.05) is 6.92 Å². The van der Waals surface area contributed by atoms with Crippen molar-refractivity contribution in [3.8, 4) is 0 Å². The first-order chi connectivity index (χ1) is 5.54. The summed E-state index contributed by atoms with van der Waals surface area (Å²) in [5, 5.41) is 0. The van der Waals surface area contributed by atoms with Crippen molar-refractivity contribution in [3.63, 3.8) is 0 Å². The molecule has 0 radical (unpaired) electrons. The van der Waals surface area contributed by atoms with Gasteiger partial charge in [0, 0.05) is 5.88 Å². The molecule has 0 bridgehead atoms. The number of ether oxygens (including phenoxy) is 1. The molecule has 12 heavy (non-hydrogen) atoms. The minimum absolute atomic E-state index is 0.130. The number of rotatable bonds is 5. The maximum absolute atomic E-state index is 11.3. The Balaban J connectivity index is 3.72. The molecular formula is C9H17ClO2. The molecule has 0 aromatic heterocycles. The van der Waals surface area contributed by atoms with Crippen LogP contribution in [0.5, 0.6) is 0 Å². The molecule has 0 aliphatic rings. The molecule has 0 aromatic rings. The molecule has 0 unspecified atom stereocenters. The largest absolute Gasteiger partial charge is 0.465 e. The first kappa shape index (κ1) is 11.8. The Morgan fingerprint density at radius 3 is 2.50 bits per heavy atom. The highest BCUT2D eigenvalue weighted by Crippen LogP contribution is 2.21. The normalized spacial score (nSPS) is 11.3. The fourth-order valence-electron chi connectivity index (χ4n) is 0.559. The van der Waals surface area contributed by atoms with E-state index in [2.05, 4.69) is 0 Å². The minimum atomic E-state index is -0.355. The Kier molecular flexibility index (Phi) is 5.31. The molecule has 3 heteroatoms. The second-order valence-electron chi connectivity index (χ2n) is 3.42. The highest BCUT2D eigenvalue weighted by atomic mass is 35.5. The van der Waals surface area contributed by atoms with Crippen LogP contribution in [-0.2, 0) is 9.53 Å². The van der Waals surface area contributed by atoms with Gasteiger partial charge in [-0.15, -0.1) is 11.6 Å². The SMILES string of the molecule is CCC(C)(C)C(=O)OCCCCl. The van der Waals surface area contributed by atoms with Crippen LogP contribution < -0.4 is 0 Å². The molecule has 0 aliphatic heterocycles. The second-order valence-corrected chi connectivity index (χ2v) is 3.79. The van der Waals surface area contributed by atoms with Gasteiger partial charge in [0.15, 0.2) is 0 Å². The number of halogens is 1. The van der Waals surface area contributed by atoms with Gasteiger partial charge in [0.2, 0.25) is 0 Å². The highest BCUT2D eigenvalue weighted by Gasteiger charge is 2.26. The van der Waals surface area contributed by atoms with E-state index >= 15 is 0 Å². The minimum Gasteiger partial charge on any atom is -0.465 e. The predicted octanol–water partition coefficient (Wildman–Crippen LogP) is 2.59. The monoisotopic (exact) mass is 192 g/mol. The van der Waals surface area contributed by atoms with Crippen molar-refractivity contribution < 1.29 is 9.53 Å². The van der Waals surface area contributed by atoms with Gasteiger partial charge in [0.25, 0.3) is 0 Å². The Labute approximate surface area is 79.2 Å². The van der Waals surface area contributed by atoms with Crippen LogP contribution in [0, 0.1) is 5.41 Å². The molecular weight excluding hydrogens is 176 g/mol. The zero-order chi connectivity index (χ0) is 9.61. The van der Waals surface area contributed by atoms with Crippen LogP contribution in [-0.4, -0.2) is 18.5 Å². The fraction of sp³-hybridized carbons (Fsp3) is 0.889. The third kappa shape index (κ3) is 3.96. The number of hydrogen-bond acceptors (Lipinski definition) is 2. The molecule has 0 amide bonds. The van der Waals surface area contributed by atoms with Crippen molar-refractivity contribution in [2.45, 2.75) is 33.6 Å². The Bertz CT molecular complexity index is 143. The number of alkyl halides is 1. The second kappa shape index (κ2) is 5.41. The molecule has 0 saturated carbocycles. The zero-order valence-corrected chi connectivity index (χ0v) is 8.78. The average molecular weight is 193 g/mol. The molecule has 0 aliphatic carbocycles. The van der Waals surface area contributed by atoms with Gasteiger partial charge >= 0.3 is 5.97 Å². The van der Waals surface area contributed by atoms with E-state index in [0.717, 1.165) is 12.8 Å². The van der Waals surface area contributed by atoms with Gasteiger partial charge in [-0.05, 0) is 26.7 Å². The summed E-state index contributed by atoms with van der Waals surface area (Å²) in [5.74, 6) is 0.412. The summed E-state index contributed by atoms with van der Waals surface area (Å²) in [6.07, 6.45) is 1.53. The zero-order valence-electron chi connectivity index (χ0n) is 8.02. The lowest BCUT2D eigenvalue weighted by Gasteiger charge is -2.19. The summed E-state index contributed by atoms with van der Waals surface area (Å²) in [5.41, 5.74) is -0.355. The molecule has 0 rings (SSSR count). The summed E-state index contributed by atoms with van der Waals surface area (Å²) in [6.45, 7) is 6.18. The molecule has 0 fully saturated rings. The van der Waals surface area contributed by atoms with Gasteiger partial charge in [-0.2, -0.15) is 0 Å². The van der Waals surface area contributed by atoms with Gasteiger partial charge < -0.3 is 4.74 Å². The van der Waals surface area contributed by atoms with Crippen molar-refractivity contribution >= 4 is 17.6 Å².